The highest BCUT2D eigenvalue weighted by Crippen LogP contribution is 2.31. The zero-order chi connectivity index (χ0) is 12.3. The number of nitrogens with zero attached hydrogens (tertiary/aromatic N) is 1. The second kappa shape index (κ2) is 5.00. The van der Waals surface area contributed by atoms with E-state index in [1.165, 1.54) is 12.3 Å². The Kier molecular flexibility index (Phi) is 3.62. The molecule has 0 aromatic carbocycles. The Hall–Kier alpha value is -1.16. The van der Waals surface area contributed by atoms with Crippen molar-refractivity contribution in [2.45, 2.75) is 38.2 Å². The van der Waals surface area contributed by atoms with Gasteiger partial charge < -0.3 is 10.4 Å². The average molecular weight is 238 g/mol. The van der Waals surface area contributed by atoms with Crippen LogP contribution in [0.5, 0.6) is 0 Å². The highest BCUT2D eigenvalue weighted by atomic mass is 19.1. The summed E-state index contributed by atoms with van der Waals surface area (Å²) in [5.41, 5.74) is 0.0243. The van der Waals surface area contributed by atoms with Gasteiger partial charge >= 0.3 is 0 Å². The van der Waals surface area contributed by atoms with Gasteiger partial charge in [0.15, 0.2) is 0 Å². The molecule has 0 unspecified atom stereocenters. The Bertz CT molecular complexity index is 375. The Morgan fingerprint density at radius 1 is 1.53 bits per heavy atom. The molecule has 2 N–H and O–H groups in total. The Balaban J connectivity index is 1.89. The van der Waals surface area contributed by atoms with E-state index in [0.717, 1.165) is 25.7 Å². The molecule has 94 valence electrons. The molecule has 1 aromatic heterocycles. The molecule has 0 radical (unpaired) electrons. The average Bonchev–Trinajstić information content (AvgIpc) is 2.31. The molecular weight excluding hydrogens is 219 g/mol. The van der Waals surface area contributed by atoms with Crippen LogP contribution in [-0.2, 0) is 0 Å². The Morgan fingerprint density at radius 2 is 2.24 bits per heavy atom. The summed E-state index contributed by atoms with van der Waals surface area (Å²) in [7, 11) is 0. The first-order chi connectivity index (χ1) is 8.07. The van der Waals surface area contributed by atoms with Gasteiger partial charge in [0.2, 0.25) is 5.95 Å². The van der Waals surface area contributed by atoms with E-state index >= 15 is 0 Å². The van der Waals surface area contributed by atoms with Gasteiger partial charge in [-0.2, -0.15) is 4.39 Å². The standard InChI is InChI=1S/C13H19FN2O/c1-10-2-5-13(17,6-3-10)9-16-11-4-7-15-12(14)8-11/h4,7-8,10,17H,2-3,5-6,9H2,1H3,(H,15,16). The molecule has 17 heavy (non-hydrogen) atoms. The van der Waals surface area contributed by atoms with Gasteiger partial charge in [0, 0.05) is 24.5 Å². The normalized spacial score (nSPS) is 29.0. The molecule has 4 heteroatoms. The topological polar surface area (TPSA) is 45.1 Å². The highest BCUT2D eigenvalue weighted by molar-refractivity contribution is 5.41. The van der Waals surface area contributed by atoms with Crippen LogP contribution in [0.3, 0.4) is 0 Å². The van der Waals surface area contributed by atoms with Crippen LogP contribution in [0.1, 0.15) is 32.6 Å². The molecule has 0 bridgehead atoms. The minimum absolute atomic E-state index is 0.475. The summed E-state index contributed by atoms with van der Waals surface area (Å²) in [5, 5.41) is 13.4. The number of rotatable bonds is 3. The lowest BCUT2D eigenvalue weighted by atomic mass is 9.79. The van der Waals surface area contributed by atoms with Crippen molar-refractivity contribution in [3.8, 4) is 0 Å². The van der Waals surface area contributed by atoms with Gasteiger partial charge in [0.25, 0.3) is 0 Å². The van der Waals surface area contributed by atoms with Crippen LogP contribution in [0.25, 0.3) is 0 Å². The van der Waals surface area contributed by atoms with Crippen LogP contribution >= 0.6 is 0 Å². The fourth-order valence-corrected chi connectivity index (χ4v) is 2.26. The molecule has 0 atom stereocenters. The van der Waals surface area contributed by atoms with Gasteiger partial charge in [0.1, 0.15) is 0 Å². The molecule has 3 nitrogen and oxygen atoms in total. The summed E-state index contributed by atoms with van der Waals surface area (Å²) in [5.74, 6) is 0.202. The van der Waals surface area contributed by atoms with Crippen molar-refractivity contribution < 1.29 is 9.50 Å². The van der Waals surface area contributed by atoms with E-state index in [9.17, 15) is 9.50 Å². The molecule has 2 rings (SSSR count). The number of halogens is 1. The number of anilines is 1. The molecule has 1 aliphatic carbocycles. The second-order valence-corrected chi connectivity index (χ2v) is 5.13. The van der Waals surface area contributed by atoms with Crippen molar-refractivity contribution >= 4 is 5.69 Å². The predicted molar refractivity (Wildman–Crippen MR) is 65.3 cm³/mol. The number of hydrogen-bond acceptors (Lipinski definition) is 3. The van der Waals surface area contributed by atoms with Crippen LogP contribution in [0.2, 0.25) is 0 Å². The number of aliphatic hydroxyl groups is 1. The Labute approximate surface area is 101 Å². The summed E-state index contributed by atoms with van der Waals surface area (Å²) in [6, 6.07) is 3.05. The first-order valence-electron chi connectivity index (χ1n) is 6.15. The minimum atomic E-state index is -0.647. The van der Waals surface area contributed by atoms with Gasteiger partial charge in [0.05, 0.1) is 5.60 Å². The van der Waals surface area contributed by atoms with E-state index in [-0.39, 0.29) is 0 Å². The molecule has 1 heterocycles. The van der Waals surface area contributed by atoms with Crippen LogP contribution in [0.4, 0.5) is 10.1 Å². The van der Waals surface area contributed by atoms with Crippen molar-refractivity contribution in [3.05, 3.63) is 24.3 Å². The third kappa shape index (κ3) is 3.40. The van der Waals surface area contributed by atoms with Crippen LogP contribution in [-0.4, -0.2) is 22.2 Å². The lowest BCUT2D eigenvalue weighted by molar-refractivity contribution is 0.00500. The monoisotopic (exact) mass is 238 g/mol. The third-order valence-electron chi connectivity index (χ3n) is 3.55. The van der Waals surface area contributed by atoms with E-state index in [2.05, 4.69) is 17.2 Å². The highest BCUT2D eigenvalue weighted by Gasteiger charge is 2.31. The van der Waals surface area contributed by atoms with E-state index < -0.39 is 11.5 Å². The van der Waals surface area contributed by atoms with Crippen molar-refractivity contribution in [1.82, 2.24) is 4.98 Å². The number of hydrogen-bond donors (Lipinski definition) is 2. The SMILES string of the molecule is CC1CCC(O)(CNc2ccnc(F)c2)CC1. The molecular formula is C13H19FN2O. The molecule has 1 aliphatic rings. The van der Waals surface area contributed by atoms with Crippen LogP contribution in [0.15, 0.2) is 18.3 Å². The van der Waals surface area contributed by atoms with Crippen LogP contribution < -0.4 is 5.32 Å². The smallest absolute Gasteiger partial charge is 0.214 e. The van der Waals surface area contributed by atoms with Gasteiger partial charge in [-0.1, -0.05) is 6.92 Å². The summed E-state index contributed by atoms with van der Waals surface area (Å²) >= 11 is 0. The second-order valence-electron chi connectivity index (χ2n) is 5.13. The van der Waals surface area contributed by atoms with Crippen molar-refractivity contribution in [2.24, 2.45) is 5.92 Å². The summed E-state index contributed by atoms with van der Waals surface area (Å²) in [6.07, 6.45) is 5.17. The summed E-state index contributed by atoms with van der Waals surface area (Å²) < 4.78 is 12.9. The molecule has 0 aliphatic heterocycles. The maximum atomic E-state index is 12.9. The van der Waals surface area contributed by atoms with E-state index in [0.29, 0.717) is 18.2 Å². The largest absolute Gasteiger partial charge is 0.388 e. The lowest BCUT2D eigenvalue weighted by Gasteiger charge is -2.35. The zero-order valence-electron chi connectivity index (χ0n) is 10.1. The summed E-state index contributed by atoms with van der Waals surface area (Å²) in [4.78, 5) is 3.49. The Morgan fingerprint density at radius 3 is 2.88 bits per heavy atom. The van der Waals surface area contributed by atoms with Crippen LogP contribution in [0, 0.1) is 11.9 Å². The van der Waals surface area contributed by atoms with Crippen molar-refractivity contribution in [3.63, 3.8) is 0 Å². The number of pyridine rings is 1. The van der Waals surface area contributed by atoms with Crippen molar-refractivity contribution in [2.75, 3.05) is 11.9 Å². The fraction of sp³-hybridized carbons (Fsp3) is 0.615. The third-order valence-corrected chi connectivity index (χ3v) is 3.55. The molecule has 0 amide bonds. The van der Waals surface area contributed by atoms with Gasteiger partial charge in [-0.15, -0.1) is 0 Å². The lowest BCUT2D eigenvalue weighted by Crippen LogP contribution is -2.40. The van der Waals surface area contributed by atoms with E-state index in [1.54, 1.807) is 6.07 Å². The van der Waals surface area contributed by atoms with E-state index in [1.807, 2.05) is 0 Å². The fourth-order valence-electron chi connectivity index (χ4n) is 2.26. The van der Waals surface area contributed by atoms with Gasteiger partial charge in [-0.25, -0.2) is 4.98 Å². The number of nitrogens with one attached hydrogen (secondary N) is 1. The quantitative estimate of drug-likeness (QED) is 0.795. The predicted octanol–water partition coefficient (Wildman–Crippen LogP) is 2.57. The molecule has 1 aromatic rings. The van der Waals surface area contributed by atoms with Gasteiger partial charge in [-0.3, -0.25) is 0 Å². The van der Waals surface area contributed by atoms with Crippen molar-refractivity contribution in [1.29, 1.82) is 0 Å². The molecule has 0 saturated heterocycles. The number of aromatic nitrogens is 1. The molecule has 1 fully saturated rings. The maximum absolute atomic E-state index is 12.9. The van der Waals surface area contributed by atoms with Gasteiger partial charge in [-0.05, 0) is 37.7 Å². The zero-order valence-corrected chi connectivity index (χ0v) is 10.1. The summed E-state index contributed by atoms with van der Waals surface area (Å²) in [6.45, 7) is 2.69. The van der Waals surface area contributed by atoms with E-state index in [4.69, 9.17) is 0 Å². The molecule has 1 saturated carbocycles. The molecule has 0 spiro atoms. The first-order valence-corrected chi connectivity index (χ1v) is 6.15. The minimum Gasteiger partial charge on any atom is -0.388 e. The maximum Gasteiger partial charge on any atom is 0.214 e. The first kappa shape index (κ1) is 12.3.